The van der Waals surface area contributed by atoms with Gasteiger partial charge < -0.3 is 5.32 Å². The summed E-state index contributed by atoms with van der Waals surface area (Å²) < 4.78 is 1.85. The Kier molecular flexibility index (Phi) is 7.55. The quantitative estimate of drug-likeness (QED) is 0.396. The third-order valence-electron chi connectivity index (χ3n) is 6.24. The molecule has 4 rings (SSSR count). The van der Waals surface area contributed by atoms with E-state index in [1.807, 2.05) is 16.7 Å². The SMILES string of the molecule is CCCCc1ccc(-c2ccc(-n3cncc3C(=O)NCCC3=CCCCC3)cc2)cc1. The first kappa shape index (κ1) is 22.1. The number of unbranched alkanes of at least 4 members (excludes halogenated alkanes) is 1. The fourth-order valence-electron chi connectivity index (χ4n) is 4.29. The van der Waals surface area contributed by atoms with Gasteiger partial charge in [-0.2, -0.15) is 0 Å². The maximum atomic E-state index is 12.7. The van der Waals surface area contributed by atoms with Crippen LogP contribution in [0.3, 0.4) is 0 Å². The fraction of sp³-hybridized carbons (Fsp3) is 0.357. The topological polar surface area (TPSA) is 46.9 Å². The van der Waals surface area contributed by atoms with E-state index in [-0.39, 0.29) is 5.91 Å². The van der Waals surface area contributed by atoms with Crippen molar-refractivity contribution in [3.63, 3.8) is 0 Å². The lowest BCUT2D eigenvalue weighted by atomic mass is 9.97. The molecule has 166 valence electrons. The zero-order valence-electron chi connectivity index (χ0n) is 19.0. The number of aromatic nitrogens is 2. The highest BCUT2D eigenvalue weighted by Gasteiger charge is 2.13. The standard InChI is InChI=1S/C28H33N3O/c1-2-3-7-23-10-12-24(13-11-23)25-14-16-26(17-15-25)31-21-29-20-27(31)28(32)30-19-18-22-8-5-4-6-9-22/h8,10-17,20-21H,2-7,9,18-19H2,1H3,(H,30,32). The number of rotatable bonds is 9. The number of allylic oxidation sites excluding steroid dienone is 1. The number of nitrogens with zero attached hydrogens (tertiary/aromatic N) is 2. The van der Waals surface area contributed by atoms with Crippen LogP contribution in [0, 0.1) is 0 Å². The fourth-order valence-corrected chi connectivity index (χ4v) is 4.29. The maximum absolute atomic E-state index is 12.7. The van der Waals surface area contributed by atoms with Crippen molar-refractivity contribution >= 4 is 5.91 Å². The molecule has 1 aliphatic carbocycles. The summed E-state index contributed by atoms with van der Waals surface area (Å²) in [5, 5.41) is 3.06. The molecule has 0 aliphatic heterocycles. The van der Waals surface area contributed by atoms with Gasteiger partial charge >= 0.3 is 0 Å². The van der Waals surface area contributed by atoms with Crippen molar-refractivity contribution in [2.24, 2.45) is 0 Å². The van der Waals surface area contributed by atoms with Crippen molar-refractivity contribution in [2.75, 3.05) is 6.54 Å². The zero-order chi connectivity index (χ0) is 22.2. The molecule has 1 N–H and O–H groups in total. The van der Waals surface area contributed by atoms with E-state index in [4.69, 9.17) is 0 Å². The Morgan fingerprint density at radius 2 is 1.75 bits per heavy atom. The number of carbonyl (C=O) groups excluding carboxylic acids is 1. The van der Waals surface area contributed by atoms with E-state index >= 15 is 0 Å². The molecular formula is C28H33N3O. The van der Waals surface area contributed by atoms with Gasteiger partial charge in [-0.1, -0.05) is 61.4 Å². The Hall–Kier alpha value is -3.14. The minimum atomic E-state index is -0.0781. The van der Waals surface area contributed by atoms with Gasteiger partial charge in [0.1, 0.15) is 5.69 Å². The van der Waals surface area contributed by atoms with Crippen LogP contribution in [0.25, 0.3) is 16.8 Å². The number of nitrogens with one attached hydrogen (secondary N) is 1. The molecule has 0 unspecified atom stereocenters. The molecule has 0 bridgehead atoms. The first-order valence-corrected chi connectivity index (χ1v) is 11.9. The molecule has 0 atom stereocenters. The van der Waals surface area contributed by atoms with Gasteiger partial charge in [-0.25, -0.2) is 4.98 Å². The number of amides is 1. The van der Waals surface area contributed by atoms with Crippen molar-refractivity contribution < 1.29 is 4.79 Å². The lowest BCUT2D eigenvalue weighted by molar-refractivity contribution is 0.0947. The van der Waals surface area contributed by atoms with Crippen molar-refractivity contribution in [1.29, 1.82) is 0 Å². The second-order valence-corrected chi connectivity index (χ2v) is 8.61. The van der Waals surface area contributed by atoms with Crippen LogP contribution >= 0.6 is 0 Å². The molecule has 0 radical (unpaired) electrons. The molecule has 0 saturated heterocycles. The predicted octanol–water partition coefficient (Wildman–Crippen LogP) is 6.50. The summed E-state index contributed by atoms with van der Waals surface area (Å²) in [6.07, 6.45) is 15.1. The average Bonchev–Trinajstić information content (AvgIpc) is 3.34. The lowest BCUT2D eigenvalue weighted by Gasteiger charge is -2.13. The highest BCUT2D eigenvalue weighted by atomic mass is 16.1. The van der Waals surface area contributed by atoms with Crippen LogP contribution in [-0.4, -0.2) is 22.0 Å². The molecule has 0 spiro atoms. The van der Waals surface area contributed by atoms with Crippen LogP contribution in [0.4, 0.5) is 0 Å². The Labute approximate surface area is 191 Å². The number of hydrogen-bond acceptors (Lipinski definition) is 2. The Balaban J connectivity index is 1.39. The van der Waals surface area contributed by atoms with Gasteiger partial charge in [0.05, 0.1) is 12.5 Å². The highest BCUT2D eigenvalue weighted by molar-refractivity contribution is 5.93. The Morgan fingerprint density at radius 1 is 1.00 bits per heavy atom. The van der Waals surface area contributed by atoms with Crippen LogP contribution in [0.5, 0.6) is 0 Å². The van der Waals surface area contributed by atoms with Crippen LogP contribution < -0.4 is 5.32 Å². The third kappa shape index (κ3) is 5.56. The summed E-state index contributed by atoms with van der Waals surface area (Å²) in [6.45, 7) is 2.89. The van der Waals surface area contributed by atoms with E-state index in [9.17, 15) is 4.79 Å². The monoisotopic (exact) mass is 427 g/mol. The molecule has 2 aromatic carbocycles. The second-order valence-electron chi connectivity index (χ2n) is 8.61. The normalized spacial score (nSPS) is 13.6. The maximum Gasteiger partial charge on any atom is 0.269 e. The smallest absolute Gasteiger partial charge is 0.269 e. The van der Waals surface area contributed by atoms with Crippen molar-refractivity contribution in [3.05, 3.63) is 84.0 Å². The number of hydrogen-bond donors (Lipinski definition) is 1. The second kappa shape index (κ2) is 10.9. The first-order valence-electron chi connectivity index (χ1n) is 11.9. The Morgan fingerprint density at radius 3 is 2.44 bits per heavy atom. The molecule has 32 heavy (non-hydrogen) atoms. The van der Waals surface area contributed by atoms with E-state index in [0.29, 0.717) is 12.2 Å². The van der Waals surface area contributed by atoms with Crippen molar-refractivity contribution in [2.45, 2.75) is 58.3 Å². The van der Waals surface area contributed by atoms with Crippen LogP contribution in [0.1, 0.15) is 67.9 Å². The summed E-state index contributed by atoms with van der Waals surface area (Å²) >= 11 is 0. The number of aryl methyl sites for hydroxylation is 1. The largest absolute Gasteiger partial charge is 0.350 e. The van der Waals surface area contributed by atoms with Gasteiger partial charge in [0.25, 0.3) is 5.91 Å². The molecule has 4 heteroatoms. The molecule has 0 saturated carbocycles. The third-order valence-corrected chi connectivity index (χ3v) is 6.24. The number of carbonyl (C=O) groups is 1. The van der Waals surface area contributed by atoms with Crippen LogP contribution in [0.15, 0.2) is 72.7 Å². The highest BCUT2D eigenvalue weighted by Crippen LogP contribution is 2.23. The summed E-state index contributed by atoms with van der Waals surface area (Å²) in [4.78, 5) is 17.0. The van der Waals surface area contributed by atoms with Gasteiger partial charge in [0.15, 0.2) is 0 Å². The van der Waals surface area contributed by atoms with Crippen LogP contribution in [-0.2, 0) is 6.42 Å². The van der Waals surface area contributed by atoms with Gasteiger partial charge in [0.2, 0.25) is 0 Å². The molecule has 0 fully saturated rings. The number of imidazole rings is 1. The zero-order valence-corrected chi connectivity index (χ0v) is 19.0. The number of benzene rings is 2. The van der Waals surface area contributed by atoms with E-state index in [0.717, 1.165) is 18.5 Å². The van der Waals surface area contributed by atoms with E-state index in [2.05, 4.69) is 59.7 Å². The van der Waals surface area contributed by atoms with Crippen molar-refractivity contribution in [3.8, 4) is 16.8 Å². The lowest BCUT2D eigenvalue weighted by Crippen LogP contribution is -2.26. The van der Waals surface area contributed by atoms with E-state index < -0.39 is 0 Å². The van der Waals surface area contributed by atoms with Gasteiger partial charge in [-0.05, 0) is 73.8 Å². The molecule has 1 amide bonds. The molecule has 4 nitrogen and oxygen atoms in total. The summed E-state index contributed by atoms with van der Waals surface area (Å²) in [5.41, 5.74) is 6.74. The first-order chi connectivity index (χ1) is 15.7. The average molecular weight is 428 g/mol. The predicted molar refractivity (Wildman–Crippen MR) is 131 cm³/mol. The molecular weight excluding hydrogens is 394 g/mol. The minimum Gasteiger partial charge on any atom is -0.350 e. The molecule has 1 heterocycles. The van der Waals surface area contributed by atoms with Crippen LogP contribution in [0.2, 0.25) is 0 Å². The van der Waals surface area contributed by atoms with Gasteiger partial charge in [-0.15, -0.1) is 0 Å². The Bertz CT molecular complexity index is 1050. The molecule has 3 aromatic rings. The van der Waals surface area contributed by atoms with Gasteiger partial charge in [-0.3, -0.25) is 9.36 Å². The van der Waals surface area contributed by atoms with Crippen molar-refractivity contribution in [1.82, 2.24) is 14.9 Å². The summed E-state index contributed by atoms with van der Waals surface area (Å²) in [5.74, 6) is -0.0781. The summed E-state index contributed by atoms with van der Waals surface area (Å²) in [7, 11) is 0. The van der Waals surface area contributed by atoms with E-state index in [1.54, 1.807) is 12.5 Å². The van der Waals surface area contributed by atoms with E-state index in [1.165, 1.54) is 60.8 Å². The molecule has 1 aromatic heterocycles. The molecule has 1 aliphatic rings. The minimum absolute atomic E-state index is 0.0781. The van der Waals surface area contributed by atoms with Gasteiger partial charge in [0, 0.05) is 12.2 Å². The summed E-state index contributed by atoms with van der Waals surface area (Å²) in [6, 6.07) is 17.1.